The van der Waals surface area contributed by atoms with Gasteiger partial charge in [0.1, 0.15) is 5.76 Å². The van der Waals surface area contributed by atoms with Crippen LogP contribution in [0.15, 0.2) is 58.6 Å². The monoisotopic (exact) mass is 512 g/mol. The predicted octanol–water partition coefficient (Wildman–Crippen LogP) is 4.90. The Bertz CT molecular complexity index is 1040. The lowest BCUT2D eigenvalue weighted by molar-refractivity contribution is -0.140. The maximum Gasteiger partial charge on any atom is 0.295 e. The third kappa shape index (κ3) is 4.70. The number of likely N-dealkylation sites (tertiary alicyclic amines) is 1. The average Bonchev–Trinajstić information content (AvgIpc) is 3.43. The molecule has 6 nitrogen and oxygen atoms in total. The molecule has 2 saturated heterocycles. The molecule has 0 bridgehead atoms. The van der Waals surface area contributed by atoms with Gasteiger partial charge in [-0.25, -0.2) is 0 Å². The maximum atomic E-state index is 13.2. The van der Waals surface area contributed by atoms with Crippen LogP contribution in [0.4, 0.5) is 5.69 Å². The Kier molecular flexibility index (Phi) is 7.20. The number of anilines is 1. The van der Waals surface area contributed by atoms with E-state index in [9.17, 15) is 14.7 Å². The molecule has 2 fully saturated rings. The van der Waals surface area contributed by atoms with Crippen LogP contribution >= 0.6 is 15.9 Å². The predicted molar refractivity (Wildman–Crippen MR) is 132 cm³/mol. The van der Waals surface area contributed by atoms with E-state index >= 15 is 0 Å². The van der Waals surface area contributed by atoms with Gasteiger partial charge in [-0.05, 0) is 56.5 Å². The molecule has 174 valence electrons. The van der Waals surface area contributed by atoms with Gasteiger partial charge in [0.2, 0.25) is 0 Å². The number of carbonyl (C=O) groups is 2. The van der Waals surface area contributed by atoms with Crippen LogP contribution in [0.1, 0.15) is 43.9 Å². The van der Waals surface area contributed by atoms with E-state index in [1.165, 1.54) is 0 Å². The fourth-order valence-corrected chi connectivity index (χ4v) is 4.91. The summed E-state index contributed by atoms with van der Waals surface area (Å²) in [6.45, 7) is 6.97. The summed E-state index contributed by atoms with van der Waals surface area (Å²) in [5.74, 6) is -1.42. The third-order valence-electron chi connectivity index (χ3n) is 6.42. The van der Waals surface area contributed by atoms with Crippen molar-refractivity contribution in [2.75, 3.05) is 31.1 Å². The Morgan fingerprint density at radius 1 is 1.09 bits per heavy atom. The summed E-state index contributed by atoms with van der Waals surface area (Å²) >= 11 is 3.39. The second-order valence-electron chi connectivity index (χ2n) is 8.36. The molecule has 0 radical (unpaired) electrons. The van der Waals surface area contributed by atoms with Gasteiger partial charge >= 0.3 is 0 Å². The highest BCUT2D eigenvalue weighted by atomic mass is 79.9. The summed E-state index contributed by atoms with van der Waals surface area (Å²) in [7, 11) is 0. The summed E-state index contributed by atoms with van der Waals surface area (Å²) in [5.41, 5.74) is 2.49. The maximum absolute atomic E-state index is 13.2. The van der Waals surface area contributed by atoms with Crippen molar-refractivity contribution in [3.8, 4) is 0 Å². The minimum absolute atomic E-state index is 0.103. The number of rotatable bonds is 7. The molecular weight excluding hydrogens is 484 g/mol. The van der Waals surface area contributed by atoms with E-state index in [1.54, 1.807) is 29.2 Å². The topological polar surface area (TPSA) is 70.1 Å². The summed E-state index contributed by atoms with van der Waals surface area (Å²) in [6.07, 6.45) is 1.69. The molecule has 4 rings (SSSR count). The molecule has 7 heteroatoms. The number of halogens is 1. The number of aliphatic hydroxyl groups is 1. The SMILES string of the molecule is CCN(CC)c1ccc(C2C(=C(O)c3ccc(Br)cc3)C(=O)C(=O)N2CC2CCCO2)cc1. The standard InChI is InChI=1S/C26H29BrN2O4/c1-3-28(4-2)20-13-9-17(10-14-20)23-22(24(30)18-7-11-19(27)12-8-18)25(31)26(32)29(23)16-21-6-5-15-33-21/h7-14,21,23,30H,3-6,15-16H2,1-2H3. The Morgan fingerprint density at radius 2 is 1.76 bits per heavy atom. The molecule has 0 saturated carbocycles. The fourth-order valence-electron chi connectivity index (χ4n) is 4.64. The molecule has 2 aromatic rings. The van der Waals surface area contributed by atoms with E-state index in [0.717, 1.165) is 41.7 Å². The zero-order chi connectivity index (χ0) is 23.5. The molecule has 33 heavy (non-hydrogen) atoms. The molecule has 1 amide bonds. The Balaban J connectivity index is 1.78. The first-order valence-corrected chi connectivity index (χ1v) is 12.2. The van der Waals surface area contributed by atoms with Crippen molar-refractivity contribution < 1.29 is 19.4 Å². The van der Waals surface area contributed by atoms with Gasteiger partial charge in [-0.15, -0.1) is 0 Å². The zero-order valence-corrected chi connectivity index (χ0v) is 20.5. The molecule has 2 atom stereocenters. The number of hydrogen-bond acceptors (Lipinski definition) is 5. The highest BCUT2D eigenvalue weighted by Crippen LogP contribution is 2.40. The van der Waals surface area contributed by atoms with Crippen LogP contribution in [0.3, 0.4) is 0 Å². The molecule has 2 aliphatic heterocycles. The fraction of sp³-hybridized carbons (Fsp3) is 0.385. The molecule has 0 spiro atoms. The van der Waals surface area contributed by atoms with E-state index in [0.29, 0.717) is 18.7 Å². The molecule has 2 aliphatic rings. The number of amides is 1. The van der Waals surface area contributed by atoms with Gasteiger partial charge in [-0.2, -0.15) is 0 Å². The van der Waals surface area contributed by atoms with E-state index in [-0.39, 0.29) is 17.4 Å². The highest BCUT2D eigenvalue weighted by Gasteiger charge is 2.47. The van der Waals surface area contributed by atoms with E-state index in [1.807, 2.05) is 24.3 Å². The minimum Gasteiger partial charge on any atom is -0.507 e. The summed E-state index contributed by atoms with van der Waals surface area (Å²) in [5, 5.41) is 11.2. The number of carbonyl (C=O) groups excluding carboxylic acids is 2. The van der Waals surface area contributed by atoms with Gasteiger partial charge in [0, 0.05) is 42.0 Å². The van der Waals surface area contributed by atoms with Gasteiger partial charge in [-0.3, -0.25) is 9.59 Å². The number of benzene rings is 2. The van der Waals surface area contributed by atoms with Crippen molar-refractivity contribution in [1.29, 1.82) is 0 Å². The van der Waals surface area contributed by atoms with Gasteiger partial charge < -0.3 is 19.6 Å². The minimum atomic E-state index is -0.663. The quantitative estimate of drug-likeness (QED) is 0.324. The van der Waals surface area contributed by atoms with Gasteiger partial charge in [0.15, 0.2) is 0 Å². The van der Waals surface area contributed by atoms with Crippen LogP contribution in [0.2, 0.25) is 0 Å². The number of ether oxygens (including phenoxy) is 1. The lowest BCUT2D eigenvalue weighted by Gasteiger charge is -2.28. The largest absolute Gasteiger partial charge is 0.507 e. The van der Waals surface area contributed by atoms with Crippen molar-refractivity contribution in [3.05, 3.63) is 69.7 Å². The number of ketones is 1. The van der Waals surface area contributed by atoms with Crippen LogP contribution in [-0.4, -0.2) is 54.0 Å². The van der Waals surface area contributed by atoms with Crippen LogP contribution in [-0.2, 0) is 14.3 Å². The number of aliphatic hydroxyl groups excluding tert-OH is 1. The molecule has 0 aromatic heterocycles. The first-order valence-electron chi connectivity index (χ1n) is 11.5. The Morgan fingerprint density at radius 3 is 2.33 bits per heavy atom. The number of Topliss-reactive ketones (excluding diaryl/α,β-unsaturated/α-hetero) is 1. The number of nitrogens with zero attached hydrogens (tertiary/aromatic N) is 2. The summed E-state index contributed by atoms with van der Waals surface area (Å²) < 4.78 is 6.62. The first-order chi connectivity index (χ1) is 15.9. The Hall–Kier alpha value is -2.64. The van der Waals surface area contributed by atoms with Crippen LogP contribution < -0.4 is 4.90 Å². The van der Waals surface area contributed by atoms with Crippen molar-refractivity contribution in [3.63, 3.8) is 0 Å². The second kappa shape index (κ2) is 10.1. The van der Waals surface area contributed by atoms with Crippen molar-refractivity contribution in [2.45, 2.75) is 38.8 Å². The normalized spacial score (nSPS) is 22.2. The third-order valence-corrected chi connectivity index (χ3v) is 6.95. The van der Waals surface area contributed by atoms with Gasteiger partial charge in [-0.1, -0.05) is 40.2 Å². The van der Waals surface area contributed by atoms with Crippen molar-refractivity contribution >= 4 is 39.1 Å². The lowest BCUT2D eigenvalue weighted by atomic mass is 9.95. The van der Waals surface area contributed by atoms with Gasteiger partial charge in [0.05, 0.1) is 17.7 Å². The molecule has 1 N–H and O–H groups in total. The smallest absolute Gasteiger partial charge is 0.295 e. The van der Waals surface area contributed by atoms with E-state index in [2.05, 4.69) is 34.7 Å². The van der Waals surface area contributed by atoms with Crippen LogP contribution in [0, 0.1) is 0 Å². The molecule has 2 aromatic carbocycles. The molecule has 0 aliphatic carbocycles. The average molecular weight is 513 g/mol. The molecule has 2 heterocycles. The number of hydrogen-bond donors (Lipinski definition) is 1. The second-order valence-corrected chi connectivity index (χ2v) is 9.27. The lowest BCUT2D eigenvalue weighted by Crippen LogP contribution is -2.36. The van der Waals surface area contributed by atoms with Crippen LogP contribution in [0.5, 0.6) is 0 Å². The molecular formula is C26H29BrN2O4. The molecule has 2 unspecified atom stereocenters. The van der Waals surface area contributed by atoms with E-state index in [4.69, 9.17) is 4.74 Å². The van der Waals surface area contributed by atoms with Crippen molar-refractivity contribution in [2.24, 2.45) is 0 Å². The van der Waals surface area contributed by atoms with E-state index < -0.39 is 17.7 Å². The zero-order valence-electron chi connectivity index (χ0n) is 19.0. The summed E-state index contributed by atoms with van der Waals surface area (Å²) in [6, 6.07) is 14.3. The van der Waals surface area contributed by atoms with Gasteiger partial charge in [0.25, 0.3) is 11.7 Å². The first kappa shape index (κ1) is 23.5. The highest BCUT2D eigenvalue weighted by molar-refractivity contribution is 9.10. The van der Waals surface area contributed by atoms with Crippen molar-refractivity contribution in [1.82, 2.24) is 4.90 Å². The Labute approximate surface area is 203 Å². The van der Waals surface area contributed by atoms with Crippen LogP contribution in [0.25, 0.3) is 5.76 Å². The summed E-state index contributed by atoms with van der Waals surface area (Å²) in [4.78, 5) is 30.1.